The number of carboxylic acid groups (broad SMARTS) is 1. The first-order valence-electron chi connectivity index (χ1n) is 10.6. The van der Waals surface area contributed by atoms with Crippen molar-refractivity contribution in [1.29, 1.82) is 5.26 Å². The highest BCUT2D eigenvalue weighted by atomic mass is 16.5. The third kappa shape index (κ3) is 7.27. The molecule has 3 rings (SSSR count). The first-order valence-corrected chi connectivity index (χ1v) is 10.6. The highest BCUT2D eigenvalue weighted by Crippen LogP contribution is 2.30. The van der Waals surface area contributed by atoms with Crippen molar-refractivity contribution >= 4 is 17.9 Å². The number of ether oxygens (including phenoxy) is 2. The summed E-state index contributed by atoms with van der Waals surface area (Å²) >= 11 is 0. The molecule has 1 aromatic carbocycles. The second-order valence-electron chi connectivity index (χ2n) is 7.79. The lowest BCUT2D eigenvalue weighted by molar-refractivity contribution is -0.155. The number of nitrogens with one attached hydrogen (secondary N) is 2. The minimum absolute atomic E-state index is 0.138. The van der Waals surface area contributed by atoms with Crippen LogP contribution in [0.3, 0.4) is 0 Å². The smallest absolute Gasteiger partial charge is 0.304 e. The van der Waals surface area contributed by atoms with E-state index in [1.807, 2.05) is 26.1 Å². The lowest BCUT2D eigenvalue weighted by Gasteiger charge is -2.40. The molecule has 1 aromatic heterocycles. The number of rotatable bonds is 10. The predicted molar refractivity (Wildman–Crippen MR) is 123 cm³/mol. The molecule has 33 heavy (non-hydrogen) atoms. The van der Waals surface area contributed by atoms with Gasteiger partial charge in [-0.25, -0.2) is 0 Å². The van der Waals surface area contributed by atoms with Crippen LogP contribution in [0.4, 0.5) is 5.69 Å². The molecule has 0 amide bonds. The maximum atomic E-state index is 10.8. The van der Waals surface area contributed by atoms with Crippen molar-refractivity contribution in [3.05, 3.63) is 52.8 Å². The average molecular weight is 455 g/mol. The van der Waals surface area contributed by atoms with Crippen LogP contribution in [0.15, 0.2) is 30.3 Å². The van der Waals surface area contributed by atoms with E-state index in [9.17, 15) is 14.9 Å². The van der Waals surface area contributed by atoms with Gasteiger partial charge >= 0.3 is 5.97 Å². The van der Waals surface area contributed by atoms with E-state index in [0.29, 0.717) is 42.3 Å². The van der Waals surface area contributed by atoms with E-state index in [1.165, 1.54) is 0 Å². The van der Waals surface area contributed by atoms with Crippen LogP contribution in [0.5, 0.6) is 5.75 Å². The fourth-order valence-corrected chi connectivity index (χ4v) is 3.46. The SMILES string of the molecule is CCc1ccc(OC)c(CNc2ccc(C=O)cc2C#N)n1.CNCC1(CC(=O)O)COC1. The Morgan fingerprint density at radius 3 is 2.64 bits per heavy atom. The van der Waals surface area contributed by atoms with Gasteiger partial charge in [-0.15, -0.1) is 0 Å². The van der Waals surface area contributed by atoms with Gasteiger partial charge in [0.15, 0.2) is 0 Å². The highest BCUT2D eigenvalue weighted by Gasteiger charge is 2.39. The summed E-state index contributed by atoms with van der Waals surface area (Å²) in [4.78, 5) is 25.7. The van der Waals surface area contributed by atoms with Crippen LogP contribution in [-0.4, -0.2) is 56.3 Å². The van der Waals surface area contributed by atoms with Gasteiger partial charge < -0.3 is 25.2 Å². The molecule has 1 saturated heterocycles. The lowest BCUT2D eigenvalue weighted by Crippen LogP contribution is -2.50. The normalized spacial score (nSPS) is 13.5. The van der Waals surface area contributed by atoms with Gasteiger partial charge in [0.2, 0.25) is 0 Å². The van der Waals surface area contributed by atoms with Gasteiger partial charge in [0.05, 0.1) is 44.5 Å². The standard InChI is InChI=1S/C17H17N3O2.C7H13NO3/c1-3-14-5-7-17(22-2)16(20-14)10-19-15-6-4-12(11-21)8-13(15)9-18;1-8-3-7(2-6(9)10)4-11-5-7/h4-8,11,19H,3,10H2,1-2H3;8H,2-5H2,1H3,(H,9,10). The van der Waals surface area contributed by atoms with Gasteiger partial charge in [0.25, 0.3) is 0 Å². The van der Waals surface area contributed by atoms with Crippen molar-refractivity contribution < 1.29 is 24.2 Å². The molecule has 0 aliphatic carbocycles. The van der Waals surface area contributed by atoms with Crippen molar-refractivity contribution in [3.8, 4) is 11.8 Å². The Bertz CT molecular complexity index is 999. The molecule has 9 heteroatoms. The molecule has 1 aliphatic heterocycles. The summed E-state index contributed by atoms with van der Waals surface area (Å²) in [7, 11) is 3.42. The number of carbonyl (C=O) groups excluding carboxylic acids is 1. The highest BCUT2D eigenvalue weighted by molar-refractivity contribution is 5.78. The van der Waals surface area contributed by atoms with Crippen LogP contribution < -0.4 is 15.4 Å². The fourth-order valence-electron chi connectivity index (χ4n) is 3.46. The largest absolute Gasteiger partial charge is 0.495 e. The average Bonchev–Trinajstić information content (AvgIpc) is 2.81. The number of anilines is 1. The Labute approximate surface area is 193 Å². The van der Waals surface area contributed by atoms with Crippen LogP contribution in [-0.2, 0) is 22.5 Å². The van der Waals surface area contributed by atoms with Crippen LogP contribution in [0.1, 0.15) is 40.7 Å². The number of nitrogens with zero attached hydrogens (tertiary/aromatic N) is 2. The molecule has 0 unspecified atom stereocenters. The molecule has 176 valence electrons. The number of benzene rings is 1. The summed E-state index contributed by atoms with van der Waals surface area (Å²) in [5, 5.41) is 23.9. The molecule has 0 spiro atoms. The number of hydrogen-bond acceptors (Lipinski definition) is 8. The van der Waals surface area contributed by atoms with Gasteiger partial charge in [0, 0.05) is 23.2 Å². The Morgan fingerprint density at radius 1 is 1.36 bits per heavy atom. The van der Waals surface area contributed by atoms with E-state index in [2.05, 4.69) is 21.7 Å². The van der Waals surface area contributed by atoms with Crippen LogP contribution in [0.2, 0.25) is 0 Å². The van der Waals surface area contributed by atoms with Gasteiger partial charge in [-0.3, -0.25) is 14.6 Å². The zero-order chi connectivity index (χ0) is 24.3. The van der Waals surface area contributed by atoms with Crippen LogP contribution >= 0.6 is 0 Å². The Hall–Kier alpha value is -3.48. The first kappa shape index (κ1) is 25.8. The molecule has 0 radical (unpaired) electrons. The second kappa shape index (κ2) is 12.5. The number of aldehydes is 1. The Morgan fingerprint density at radius 2 is 2.12 bits per heavy atom. The quantitative estimate of drug-likeness (QED) is 0.463. The van der Waals surface area contributed by atoms with Crippen molar-refractivity contribution in [2.45, 2.75) is 26.3 Å². The van der Waals surface area contributed by atoms with Crippen LogP contribution in [0.25, 0.3) is 0 Å². The van der Waals surface area contributed by atoms with E-state index in [0.717, 1.165) is 30.6 Å². The first-order chi connectivity index (χ1) is 15.9. The Kier molecular flexibility index (Phi) is 9.79. The van der Waals surface area contributed by atoms with Gasteiger partial charge in [0.1, 0.15) is 23.8 Å². The van der Waals surface area contributed by atoms with E-state index < -0.39 is 5.97 Å². The summed E-state index contributed by atoms with van der Waals surface area (Å²) in [6, 6.07) is 10.9. The van der Waals surface area contributed by atoms with Crippen molar-refractivity contribution in [3.63, 3.8) is 0 Å². The molecule has 2 heterocycles. The number of carbonyl (C=O) groups is 2. The summed E-state index contributed by atoms with van der Waals surface area (Å²) in [6.45, 7) is 4.34. The number of aryl methyl sites for hydroxylation is 1. The molecule has 9 nitrogen and oxygen atoms in total. The number of hydrogen-bond donors (Lipinski definition) is 3. The molecule has 1 fully saturated rings. The van der Waals surface area contributed by atoms with Gasteiger partial charge in [-0.05, 0) is 43.8 Å². The molecule has 0 bridgehead atoms. The third-order valence-electron chi connectivity index (χ3n) is 5.21. The van der Waals surface area contributed by atoms with Gasteiger partial charge in [-0.1, -0.05) is 6.92 Å². The number of nitriles is 1. The zero-order valence-corrected chi connectivity index (χ0v) is 19.2. The summed E-state index contributed by atoms with van der Waals surface area (Å²) in [6.07, 6.45) is 1.77. The van der Waals surface area contributed by atoms with E-state index in [4.69, 9.17) is 14.6 Å². The van der Waals surface area contributed by atoms with E-state index >= 15 is 0 Å². The second-order valence-corrected chi connectivity index (χ2v) is 7.79. The van der Waals surface area contributed by atoms with Crippen molar-refractivity contribution in [1.82, 2.24) is 10.3 Å². The minimum Gasteiger partial charge on any atom is -0.495 e. The number of aliphatic carboxylic acids is 1. The third-order valence-corrected chi connectivity index (χ3v) is 5.21. The Balaban J connectivity index is 0.000000294. The zero-order valence-electron chi connectivity index (χ0n) is 19.2. The number of pyridine rings is 1. The maximum absolute atomic E-state index is 10.8. The minimum atomic E-state index is -0.747. The molecule has 0 saturated carbocycles. The van der Waals surface area contributed by atoms with E-state index in [-0.39, 0.29) is 11.8 Å². The summed E-state index contributed by atoms with van der Waals surface area (Å²) < 4.78 is 10.3. The lowest BCUT2D eigenvalue weighted by atomic mass is 9.82. The monoisotopic (exact) mass is 454 g/mol. The number of carboxylic acids is 1. The molecular weight excluding hydrogens is 424 g/mol. The number of aromatic nitrogens is 1. The van der Waals surface area contributed by atoms with Crippen LogP contribution in [0, 0.1) is 16.7 Å². The molecule has 2 aromatic rings. The fraction of sp³-hybridized carbons (Fsp3) is 0.417. The van der Waals surface area contributed by atoms with E-state index in [1.54, 1.807) is 25.3 Å². The van der Waals surface area contributed by atoms with Crippen molar-refractivity contribution in [2.24, 2.45) is 5.41 Å². The molecule has 1 aliphatic rings. The molecular formula is C24H30N4O5. The molecule has 0 atom stereocenters. The molecule has 3 N–H and O–H groups in total. The number of methoxy groups -OCH3 is 1. The predicted octanol–water partition coefficient (Wildman–Crippen LogP) is 2.65. The maximum Gasteiger partial charge on any atom is 0.304 e. The topological polar surface area (TPSA) is 134 Å². The summed E-state index contributed by atoms with van der Waals surface area (Å²) in [5.74, 6) is -0.0451. The summed E-state index contributed by atoms with van der Waals surface area (Å²) in [5.41, 5.74) is 3.19. The van der Waals surface area contributed by atoms with Gasteiger partial charge in [-0.2, -0.15) is 5.26 Å². The van der Waals surface area contributed by atoms with Crippen molar-refractivity contribution in [2.75, 3.05) is 39.2 Å².